The van der Waals surface area contributed by atoms with Gasteiger partial charge in [-0.1, -0.05) is 29.8 Å². The fourth-order valence-corrected chi connectivity index (χ4v) is 2.16. The number of pyridine rings is 1. The lowest BCUT2D eigenvalue weighted by molar-refractivity contribution is -0.136. The predicted octanol–water partition coefficient (Wildman–Crippen LogP) is 2.72. The van der Waals surface area contributed by atoms with Crippen molar-refractivity contribution in [2.24, 2.45) is 7.05 Å². The van der Waals surface area contributed by atoms with Gasteiger partial charge in [0.05, 0.1) is 5.69 Å². The molecule has 0 aliphatic heterocycles. The van der Waals surface area contributed by atoms with E-state index >= 15 is 0 Å². The van der Waals surface area contributed by atoms with Crippen molar-refractivity contribution >= 4 is 17.6 Å². The minimum Gasteiger partial charge on any atom is -0.481 e. The smallest absolute Gasteiger partial charge is 0.303 e. The fourth-order valence-electron chi connectivity index (χ4n) is 2.03. The molecule has 2 aromatic rings. The van der Waals surface area contributed by atoms with E-state index in [0.29, 0.717) is 10.6 Å². The van der Waals surface area contributed by atoms with Crippen LogP contribution in [-0.2, 0) is 18.3 Å². The van der Waals surface area contributed by atoms with Crippen LogP contribution in [0.4, 0.5) is 0 Å². The van der Waals surface area contributed by atoms with Crippen molar-refractivity contribution < 1.29 is 9.90 Å². The van der Waals surface area contributed by atoms with Crippen LogP contribution in [0.3, 0.4) is 0 Å². The van der Waals surface area contributed by atoms with Crippen LogP contribution >= 0.6 is 11.6 Å². The molecule has 5 heteroatoms. The summed E-state index contributed by atoms with van der Waals surface area (Å²) in [7, 11) is 1.68. The summed E-state index contributed by atoms with van der Waals surface area (Å²) in [4.78, 5) is 22.8. The van der Waals surface area contributed by atoms with Crippen molar-refractivity contribution in [3.05, 3.63) is 57.3 Å². The van der Waals surface area contributed by atoms with Crippen LogP contribution in [-0.4, -0.2) is 15.6 Å². The highest BCUT2D eigenvalue weighted by atomic mass is 35.5. The molecular weight excluding hydrogens is 278 g/mol. The van der Waals surface area contributed by atoms with Crippen molar-refractivity contribution in [3.63, 3.8) is 0 Å². The quantitative estimate of drug-likeness (QED) is 0.942. The molecule has 0 aliphatic rings. The van der Waals surface area contributed by atoms with E-state index in [4.69, 9.17) is 16.7 Å². The number of hydrogen-bond acceptors (Lipinski definition) is 2. The summed E-state index contributed by atoms with van der Waals surface area (Å²) in [5, 5.41) is 9.31. The Labute approximate surface area is 121 Å². The Bertz CT molecular complexity index is 689. The molecule has 0 saturated carbocycles. The summed E-state index contributed by atoms with van der Waals surface area (Å²) in [6.07, 6.45) is 0.193. The number of aromatic nitrogens is 1. The molecule has 0 aliphatic carbocycles. The zero-order chi connectivity index (χ0) is 14.7. The lowest BCUT2D eigenvalue weighted by Crippen LogP contribution is -2.22. The first-order chi connectivity index (χ1) is 9.49. The summed E-state index contributed by atoms with van der Waals surface area (Å²) < 4.78 is 1.53. The van der Waals surface area contributed by atoms with Crippen LogP contribution in [0.5, 0.6) is 0 Å². The van der Waals surface area contributed by atoms with E-state index in [1.54, 1.807) is 25.2 Å². The number of hydrogen-bond donors (Lipinski definition) is 1. The van der Waals surface area contributed by atoms with Gasteiger partial charge in [0, 0.05) is 24.1 Å². The zero-order valence-corrected chi connectivity index (χ0v) is 11.7. The summed E-state index contributed by atoms with van der Waals surface area (Å²) in [5.41, 5.74) is 2.00. The third-order valence-electron chi connectivity index (χ3n) is 3.13. The molecule has 0 unspecified atom stereocenters. The van der Waals surface area contributed by atoms with Gasteiger partial charge in [-0.15, -0.1) is 0 Å². The Balaban J connectivity index is 2.38. The maximum atomic E-state index is 12.2. The molecule has 1 heterocycles. The third-order valence-corrected chi connectivity index (χ3v) is 3.38. The second-order valence-electron chi connectivity index (χ2n) is 4.51. The maximum absolute atomic E-state index is 12.2. The van der Waals surface area contributed by atoms with E-state index < -0.39 is 5.97 Å². The van der Waals surface area contributed by atoms with Gasteiger partial charge in [0.2, 0.25) is 0 Å². The first-order valence-electron chi connectivity index (χ1n) is 6.15. The number of halogens is 1. The first kappa shape index (κ1) is 14.3. The Morgan fingerprint density at radius 1 is 1.20 bits per heavy atom. The largest absolute Gasteiger partial charge is 0.481 e. The molecule has 0 spiro atoms. The van der Waals surface area contributed by atoms with Gasteiger partial charge in [-0.3, -0.25) is 9.59 Å². The molecule has 0 atom stereocenters. The number of benzene rings is 1. The summed E-state index contributed by atoms with van der Waals surface area (Å²) in [6.45, 7) is 0. The van der Waals surface area contributed by atoms with Gasteiger partial charge in [-0.2, -0.15) is 0 Å². The van der Waals surface area contributed by atoms with E-state index in [9.17, 15) is 9.59 Å². The van der Waals surface area contributed by atoms with E-state index in [1.165, 1.54) is 4.57 Å². The lowest BCUT2D eigenvalue weighted by Gasteiger charge is -2.10. The number of nitrogens with zero attached hydrogens (tertiary/aromatic N) is 1. The Kier molecular flexibility index (Phi) is 4.25. The van der Waals surface area contributed by atoms with Crippen molar-refractivity contribution in [1.29, 1.82) is 0 Å². The van der Waals surface area contributed by atoms with Gasteiger partial charge in [0.15, 0.2) is 0 Å². The van der Waals surface area contributed by atoms with Gasteiger partial charge in [-0.25, -0.2) is 0 Å². The van der Waals surface area contributed by atoms with Gasteiger partial charge in [-0.05, 0) is 30.2 Å². The van der Waals surface area contributed by atoms with E-state index in [-0.39, 0.29) is 18.4 Å². The minimum absolute atomic E-state index is 0.0461. The number of carboxylic acid groups (broad SMARTS) is 1. The Hall–Kier alpha value is -2.07. The summed E-state index contributed by atoms with van der Waals surface area (Å²) >= 11 is 5.84. The first-order valence-corrected chi connectivity index (χ1v) is 6.53. The van der Waals surface area contributed by atoms with Gasteiger partial charge < -0.3 is 9.67 Å². The molecule has 104 valence electrons. The standard InChI is InChI=1S/C15H14ClNO3/c1-17-13(10-2-6-12(16)7-3-10)8-4-11(15(17)20)5-9-14(18)19/h2-4,6-8H,5,9H2,1H3,(H,18,19). The molecular formula is C15H14ClNO3. The second kappa shape index (κ2) is 5.92. The zero-order valence-electron chi connectivity index (χ0n) is 11.0. The lowest BCUT2D eigenvalue weighted by atomic mass is 10.1. The summed E-state index contributed by atoms with van der Waals surface area (Å²) in [6, 6.07) is 10.7. The molecule has 0 fully saturated rings. The molecule has 0 amide bonds. The molecule has 1 N–H and O–H groups in total. The van der Waals surface area contributed by atoms with Crippen molar-refractivity contribution in [3.8, 4) is 11.3 Å². The van der Waals surface area contributed by atoms with Crippen LogP contribution < -0.4 is 5.56 Å². The van der Waals surface area contributed by atoms with E-state index in [1.807, 2.05) is 18.2 Å². The average molecular weight is 292 g/mol. The normalized spacial score (nSPS) is 10.5. The van der Waals surface area contributed by atoms with Crippen molar-refractivity contribution in [1.82, 2.24) is 4.57 Å². The number of carbonyl (C=O) groups is 1. The maximum Gasteiger partial charge on any atom is 0.303 e. The van der Waals surface area contributed by atoms with Crippen LogP contribution in [0, 0.1) is 0 Å². The number of rotatable bonds is 4. The second-order valence-corrected chi connectivity index (χ2v) is 4.95. The number of aryl methyl sites for hydroxylation is 1. The summed E-state index contributed by atoms with van der Waals surface area (Å²) in [5.74, 6) is -0.908. The van der Waals surface area contributed by atoms with Crippen LogP contribution in [0.1, 0.15) is 12.0 Å². The highest BCUT2D eigenvalue weighted by Gasteiger charge is 2.09. The van der Waals surface area contributed by atoms with Gasteiger partial charge >= 0.3 is 5.97 Å². The molecule has 0 radical (unpaired) electrons. The number of aliphatic carboxylic acids is 1. The number of carboxylic acids is 1. The molecule has 1 aromatic heterocycles. The molecule has 0 bridgehead atoms. The monoisotopic (exact) mass is 291 g/mol. The van der Waals surface area contributed by atoms with Crippen molar-refractivity contribution in [2.45, 2.75) is 12.8 Å². The Morgan fingerprint density at radius 3 is 2.45 bits per heavy atom. The molecule has 20 heavy (non-hydrogen) atoms. The molecule has 0 saturated heterocycles. The van der Waals surface area contributed by atoms with Crippen LogP contribution in [0.2, 0.25) is 5.02 Å². The highest BCUT2D eigenvalue weighted by molar-refractivity contribution is 6.30. The van der Waals surface area contributed by atoms with E-state index in [0.717, 1.165) is 11.3 Å². The third kappa shape index (κ3) is 3.08. The predicted molar refractivity (Wildman–Crippen MR) is 78.1 cm³/mol. The molecule has 2 rings (SSSR count). The minimum atomic E-state index is -0.908. The van der Waals surface area contributed by atoms with Crippen LogP contribution in [0.25, 0.3) is 11.3 Å². The van der Waals surface area contributed by atoms with Gasteiger partial charge in [0.1, 0.15) is 0 Å². The molecule has 1 aromatic carbocycles. The van der Waals surface area contributed by atoms with E-state index in [2.05, 4.69) is 0 Å². The molecule has 4 nitrogen and oxygen atoms in total. The SMILES string of the molecule is Cn1c(-c2ccc(Cl)cc2)ccc(CCC(=O)O)c1=O. The van der Waals surface area contributed by atoms with Gasteiger partial charge in [0.25, 0.3) is 5.56 Å². The topological polar surface area (TPSA) is 59.3 Å². The average Bonchev–Trinajstić information content (AvgIpc) is 2.42. The fraction of sp³-hybridized carbons (Fsp3) is 0.200. The van der Waals surface area contributed by atoms with Crippen molar-refractivity contribution in [2.75, 3.05) is 0 Å². The Morgan fingerprint density at radius 2 is 1.85 bits per heavy atom. The van der Waals surface area contributed by atoms with Crippen LogP contribution in [0.15, 0.2) is 41.2 Å². The highest BCUT2D eigenvalue weighted by Crippen LogP contribution is 2.20.